The fraction of sp³-hybridized carbons (Fsp3) is 0.286. The summed E-state index contributed by atoms with van der Waals surface area (Å²) in [6.07, 6.45) is -4.16. The standard InChI is InChI=1S/C12H8Cl2F3N3O3S.C2H6/c1-23-7-5-18-11(12(15,16)17)19-10(7)20-24(21,22)8-4-2-3-6(13)9(8)14;1-2/h2-5H,1H3,(H,18,19,20);1-2H3. The van der Waals surface area contributed by atoms with Crippen LogP contribution in [-0.2, 0) is 16.2 Å². The number of hydrogen-bond acceptors (Lipinski definition) is 5. The molecule has 0 saturated carbocycles. The summed E-state index contributed by atoms with van der Waals surface area (Å²) in [7, 11) is -3.24. The van der Waals surface area contributed by atoms with Gasteiger partial charge in [-0.05, 0) is 12.1 Å². The molecule has 0 amide bonds. The summed E-state index contributed by atoms with van der Waals surface area (Å²) in [5.74, 6) is -2.52. The quantitative estimate of drug-likeness (QED) is 0.762. The van der Waals surface area contributed by atoms with Crippen LogP contribution in [0.3, 0.4) is 0 Å². The fourth-order valence-corrected chi connectivity index (χ4v) is 3.38. The highest BCUT2D eigenvalue weighted by Gasteiger charge is 2.36. The second-order valence-corrected chi connectivity index (χ2v) is 6.70. The van der Waals surface area contributed by atoms with Crippen LogP contribution in [0.1, 0.15) is 19.7 Å². The minimum atomic E-state index is -4.86. The molecule has 26 heavy (non-hydrogen) atoms. The van der Waals surface area contributed by atoms with Crippen molar-refractivity contribution in [2.45, 2.75) is 24.9 Å². The summed E-state index contributed by atoms with van der Waals surface area (Å²) in [6.45, 7) is 4.00. The second-order valence-electron chi connectivity index (χ2n) is 4.27. The van der Waals surface area contributed by atoms with E-state index in [-0.39, 0.29) is 15.8 Å². The number of benzene rings is 1. The number of aromatic nitrogens is 2. The number of sulfonamides is 1. The van der Waals surface area contributed by atoms with Crippen LogP contribution in [0, 0.1) is 0 Å². The molecule has 1 heterocycles. The molecule has 0 unspecified atom stereocenters. The van der Waals surface area contributed by atoms with E-state index in [4.69, 9.17) is 27.9 Å². The topological polar surface area (TPSA) is 81.2 Å². The summed E-state index contributed by atoms with van der Waals surface area (Å²) in [5.41, 5.74) is 0. The normalized spacial score (nSPS) is 11.4. The maximum atomic E-state index is 12.7. The highest BCUT2D eigenvalue weighted by molar-refractivity contribution is 7.92. The molecule has 6 nitrogen and oxygen atoms in total. The molecule has 144 valence electrons. The first-order valence-corrected chi connectivity index (χ1v) is 9.25. The van der Waals surface area contributed by atoms with Gasteiger partial charge in [0.25, 0.3) is 10.0 Å². The Hall–Kier alpha value is -1.78. The van der Waals surface area contributed by atoms with Crippen LogP contribution >= 0.6 is 23.2 Å². The lowest BCUT2D eigenvalue weighted by Gasteiger charge is -2.13. The van der Waals surface area contributed by atoms with Crippen LogP contribution in [-0.4, -0.2) is 25.5 Å². The largest absolute Gasteiger partial charge is 0.491 e. The minimum absolute atomic E-state index is 0.0369. The third kappa shape index (κ3) is 5.12. The number of nitrogens with zero attached hydrogens (tertiary/aromatic N) is 2. The van der Waals surface area contributed by atoms with Crippen molar-refractivity contribution in [2.75, 3.05) is 11.8 Å². The summed E-state index contributed by atoms with van der Waals surface area (Å²) in [5, 5.41) is -0.319. The Balaban J connectivity index is 0.00000163. The number of hydrogen-bond donors (Lipinski definition) is 1. The Morgan fingerprint density at radius 2 is 1.81 bits per heavy atom. The zero-order valence-corrected chi connectivity index (χ0v) is 16.1. The predicted octanol–water partition coefficient (Wildman–Crippen LogP) is 4.64. The van der Waals surface area contributed by atoms with E-state index in [1.54, 1.807) is 0 Å². The Labute approximate surface area is 158 Å². The van der Waals surface area contributed by atoms with Crippen molar-refractivity contribution in [1.82, 2.24) is 9.97 Å². The van der Waals surface area contributed by atoms with Crippen LogP contribution in [0.5, 0.6) is 5.75 Å². The first kappa shape index (κ1) is 22.3. The van der Waals surface area contributed by atoms with Gasteiger partial charge in [0.2, 0.25) is 5.82 Å². The van der Waals surface area contributed by atoms with Crippen LogP contribution < -0.4 is 9.46 Å². The third-order valence-electron chi connectivity index (χ3n) is 2.67. The first-order chi connectivity index (χ1) is 12.1. The molecule has 0 radical (unpaired) electrons. The average Bonchev–Trinajstić information content (AvgIpc) is 2.57. The van der Waals surface area contributed by atoms with Crippen LogP contribution in [0.2, 0.25) is 10.0 Å². The number of anilines is 1. The molecule has 0 saturated heterocycles. The number of alkyl halides is 3. The van der Waals surface area contributed by atoms with E-state index in [0.717, 1.165) is 13.2 Å². The van der Waals surface area contributed by atoms with Crippen molar-refractivity contribution in [1.29, 1.82) is 0 Å². The van der Waals surface area contributed by atoms with Crippen molar-refractivity contribution < 1.29 is 26.3 Å². The average molecular weight is 432 g/mol. The summed E-state index contributed by atoms with van der Waals surface area (Å²) < 4.78 is 69.4. The fourth-order valence-electron chi connectivity index (χ4n) is 1.60. The SMILES string of the molecule is CC.COc1cnc(C(F)(F)F)nc1NS(=O)(=O)c1cccc(Cl)c1Cl. The molecular weight excluding hydrogens is 418 g/mol. The Bertz CT molecular complexity index is 877. The number of ether oxygens (including phenoxy) is 1. The number of methoxy groups -OCH3 is 1. The molecule has 2 aromatic rings. The lowest BCUT2D eigenvalue weighted by Crippen LogP contribution is -2.18. The Morgan fingerprint density at radius 3 is 2.35 bits per heavy atom. The molecule has 0 fully saturated rings. The van der Waals surface area contributed by atoms with Crippen LogP contribution in [0.15, 0.2) is 29.3 Å². The Morgan fingerprint density at radius 1 is 1.19 bits per heavy atom. The van der Waals surface area contributed by atoms with Gasteiger partial charge in [-0.15, -0.1) is 0 Å². The van der Waals surface area contributed by atoms with E-state index < -0.39 is 32.7 Å². The van der Waals surface area contributed by atoms with Gasteiger partial charge in [0.15, 0.2) is 11.6 Å². The maximum absolute atomic E-state index is 12.7. The summed E-state index contributed by atoms with van der Waals surface area (Å²) in [4.78, 5) is 5.80. The molecule has 0 aliphatic rings. The van der Waals surface area contributed by atoms with E-state index in [2.05, 4.69) is 9.97 Å². The highest BCUT2D eigenvalue weighted by atomic mass is 35.5. The highest BCUT2D eigenvalue weighted by Crippen LogP contribution is 2.33. The van der Waals surface area contributed by atoms with Gasteiger partial charge in [-0.1, -0.05) is 43.1 Å². The lowest BCUT2D eigenvalue weighted by molar-refractivity contribution is -0.144. The zero-order chi connectivity index (χ0) is 20.1. The van der Waals surface area contributed by atoms with Gasteiger partial charge in [-0.2, -0.15) is 13.2 Å². The van der Waals surface area contributed by atoms with Crippen LogP contribution in [0.4, 0.5) is 19.0 Å². The van der Waals surface area contributed by atoms with Gasteiger partial charge >= 0.3 is 6.18 Å². The monoisotopic (exact) mass is 431 g/mol. The Kier molecular flexibility index (Phi) is 7.48. The van der Waals surface area contributed by atoms with E-state index in [1.165, 1.54) is 12.1 Å². The van der Waals surface area contributed by atoms with Crippen molar-refractivity contribution in [3.05, 3.63) is 40.3 Å². The van der Waals surface area contributed by atoms with E-state index in [1.807, 2.05) is 18.6 Å². The van der Waals surface area contributed by atoms with Gasteiger partial charge < -0.3 is 4.74 Å². The minimum Gasteiger partial charge on any atom is -0.491 e. The van der Waals surface area contributed by atoms with E-state index >= 15 is 0 Å². The molecular formula is C14H14Cl2F3N3O3S. The predicted molar refractivity (Wildman–Crippen MR) is 92.2 cm³/mol. The van der Waals surface area contributed by atoms with E-state index in [0.29, 0.717) is 6.20 Å². The van der Waals surface area contributed by atoms with Crippen molar-refractivity contribution in [3.63, 3.8) is 0 Å². The van der Waals surface area contributed by atoms with Crippen LogP contribution in [0.25, 0.3) is 0 Å². The first-order valence-electron chi connectivity index (χ1n) is 7.01. The molecule has 0 aliphatic heterocycles. The third-order valence-corrected chi connectivity index (χ3v) is 4.98. The van der Waals surface area contributed by atoms with Gasteiger partial charge in [-0.3, -0.25) is 4.72 Å². The van der Waals surface area contributed by atoms with Crippen molar-refractivity contribution >= 4 is 39.0 Å². The molecule has 0 atom stereocenters. The van der Waals surface area contributed by atoms with Gasteiger partial charge in [-0.25, -0.2) is 18.4 Å². The molecule has 0 aliphatic carbocycles. The van der Waals surface area contributed by atoms with Gasteiger partial charge in [0, 0.05) is 0 Å². The van der Waals surface area contributed by atoms with Gasteiger partial charge in [0.1, 0.15) is 4.90 Å². The molecule has 1 aromatic heterocycles. The van der Waals surface area contributed by atoms with Gasteiger partial charge in [0.05, 0.1) is 23.4 Å². The molecule has 2 rings (SSSR count). The zero-order valence-electron chi connectivity index (χ0n) is 13.7. The molecule has 12 heteroatoms. The molecule has 0 spiro atoms. The summed E-state index contributed by atoms with van der Waals surface area (Å²) in [6, 6.07) is 3.81. The van der Waals surface area contributed by atoms with Crippen molar-refractivity contribution in [3.8, 4) is 5.75 Å². The number of halogens is 5. The maximum Gasteiger partial charge on any atom is 0.451 e. The number of rotatable bonds is 4. The molecule has 1 N–H and O–H groups in total. The summed E-state index contributed by atoms with van der Waals surface area (Å²) >= 11 is 11.6. The lowest BCUT2D eigenvalue weighted by atomic mass is 10.4. The molecule has 0 bridgehead atoms. The van der Waals surface area contributed by atoms with Crippen molar-refractivity contribution in [2.24, 2.45) is 0 Å². The number of nitrogens with one attached hydrogen (secondary N) is 1. The van der Waals surface area contributed by atoms with E-state index in [9.17, 15) is 21.6 Å². The second kappa shape index (κ2) is 8.74. The molecule has 1 aromatic carbocycles. The smallest absolute Gasteiger partial charge is 0.451 e.